The van der Waals surface area contributed by atoms with Crippen LogP contribution in [0.25, 0.3) is 0 Å². The molecule has 2 fully saturated rings. The molecule has 0 radical (unpaired) electrons. The highest BCUT2D eigenvalue weighted by atomic mass is 16.2. The lowest BCUT2D eigenvalue weighted by Gasteiger charge is -2.31. The van der Waals surface area contributed by atoms with Gasteiger partial charge in [0.15, 0.2) is 5.96 Å². The molecule has 2 aliphatic rings. The summed E-state index contributed by atoms with van der Waals surface area (Å²) < 4.78 is 0. The number of aliphatic imine (C=N–C) groups is 1. The Morgan fingerprint density at radius 2 is 1.71 bits per heavy atom. The maximum absolute atomic E-state index is 12.6. The Balaban J connectivity index is 1.75. The van der Waals surface area contributed by atoms with Gasteiger partial charge in [-0.1, -0.05) is 12.8 Å². The molecule has 3 N–H and O–H groups in total. The van der Waals surface area contributed by atoms with Crippen molar-refractivity contribution in [2.24, 2.45) is 16.3 Å². The molecule has 136 valence electrons. The van der Waals surface area contributed by atoms with E-state index in [0.717, 1.165) is 38.5 Å². The fraction of sp³-hybridized carbons (Fsp3) is 0.824. The van der Waals surface area contributed by atoms with Gasteiger partial charge in [0.05, 0.1) is 5.41 Å². The number of nitrogens with zero attached hydrogens (tertiary/aromatic N) is 2. The molecule has 0 saturated heterocycles. The van der Waals surface area contributed by atoms with Gasteiger partial charge in [0.2, 0.25) is 11.8 Å². The number of carbonyl (C=O) groups excluding carboxylic acids is 2. The largest absolute Gasteiger partial charge is 0.355 e. The van der Waals surface area contributed by atoms with Crippen LogP contribution in [0.5, 0.6) is 0 Å². The zero-order valence-corrected chi connectivity index (χ0v) is 15.2. The van der Waals surface area contributed by atoms with Gasteiger partial charge in [-0.15, -0.1) is 0 Å². The van der Waals surface area contributed by atoms with Crippen LogP contribution in [0.4, 0.5) is 0 Å². The molecule has 0 unspecified atom stereocenters. The average molecular weight is 337 g/mol. The van der Waals surface area contributed by atoms with Crippen LogP contribution in [0.3, 0.4) is 0 Å². The first-order valence-corrected chi connectivity index (χ1v) is 8.92. The normalized spacial score (nSPS) is 19.7. The summed E-state index contributed by atoms with van der Waals surface area (Å²) in [5.74, 6) is 1.26. The lowest BCUT2D eigenvalue weighted by Crippen LogP contribution is -2.50. The smallest absolute Gasteiger partial charge is 0.230 e. The van der Waals surface area contributed by atoms with E-state index < -0.39 is 0 Å². The molecular formula is C17H31N5O2. The molecule has 2 amide bonds. The molecule has 0 bridgehead atoms. The number of guanidine groups is 1. The Hall–Kier alpha value is -1.79. The third kappa shape index (κ3) is 4.85. The third-order valence-corrected chi connectivity index (χ3v) is 4.90. The summed E-state index contributed by atoms with van der Waals surface area (Å²) in [6, 6.07) is 0. The first kappa shape index (κ1) is 18.5. The van der Waals surface area contributed by atoms with Crippen molar-refractivity contribution in [3.05, 3.63) is 0 Å². The van der Waals surface area contributed by atoms with Gasteiger partial charge in [0, 0.05) is 46.7 Å². The topological polar surface area (TPSA) is 85.8 Å². The van der Waals surface area contributed by atoms with Crippen molar-refractivity contribution < 1.29 is 9.59 Å². The van der Waals surface area contributed by atoms with Crippen molar-refractivity contribution in [1.82, 2.24) is 20.9 Å². The van der Waals surface area contributed by atoms with Crippen LogP contribution in [0.15, 0.2) is 4.99 Å². The molecule has 24 heavy (non-hydrogen) atoms. The number of rotatable bonds is 7. The molecule has 7 heteroatoms. The second kappa shape index (κ2) is 8.35. The molecule has 2 rings (SSSR count). The van der Waals surface area contributed by atoms with Gasteiger partial charge in [-0.2, -0.15) is 0 Å². The van der Waals surface area contributed by atoms with Gasteiger partial charge in [-0.3, -0.25) is 14.6 Å². The van der Waals surface area contributed by atoms with Crippen molar-refractivity contribution in [2.75, 3.05) is 40.8 Å². The second-order valence-corrected chi connectivity index (χ2v) is 7.10. The van der Waals surface area contributed by atoms with E-state index in [1.807, 2.05) is 14.1 Å². The van der Waals surface area contributed by atoms with Crippen LogP contribution in [0.1, 0.15) is 38.5 Å². The predicted octanol–water partition coefficient (Wildman–Crippen LogP) is 0.326. The van der Waals surface area contributed by atoms with Gasteiger partial charge < -0.3 is 20.9 Å². The van der Waals surface area contributed by atoms with E-state index in [2.05, 4.69) is 20.9 Å². The monoisotopic (exact) mass is 337 g/mol. The number of nitrogens with one attached hydrogen (secondary N) is 3. The minimum atomic E-state index is -0.318. The van der Waals surface area contributed by atoms with E-state index in [1.54, 1.807) is 11.9 Å². The van der Waals surface area contributed by atoms with Crippen molar-refractivity contribution in [1.29, 1.82) is 0 Å². The highest BCUT2D eigenvalue weighted by Gasteiger charge is 2.42. The van der Waals surface area contributed by atoms with E-state index in [-0.39, 0.29) is 23.1 Å². The van der Waals surface area contributed by atoms with Crippen molar-refractivity contribution in [3.8, 4) is 0 Å². The van der Waals surface area contributed by atoms with Crippen LogP contribution >= 0.6 is 0 Å². The van der Waals surface area contributed by atoms with E-state index in [9.17, 15) is 9.59 Å². The lowest BCUT2D eigenvalue weighted by atomic mass is 9.84. The molecule has 7 nitrogen and oxygen atoms in total. The Kier molecular flexibility index (Phi) is 6.45. The Morgan fingerprint density at radius 1 is 1.08 bits per heavy atom. The van der Waals surface area contributed by atoms with Crippen molar-refractivity contribution in [2.45, 2.75) is 38.5 Å². The summed E-state index contributed by atoms with van der Waals surface area (Å²) in [7, 11) is 5.35. The first-order valence-electron chi connectivity index (χ1n) is 8.92. The zero-order valence-electron chi connectivity index (χ0n) is 15.2. The average Bonchev–Trinajstić information content (AvgIpc) is 3.32. The highest BCUT2D eigenvalue weighted by molar-refractivity contribution is 5.85. The Labute approximate surface area is 144 Å². The van der Waals surface area contributed by atoms with E-state index in [0.29, 0.717) is 25.6 Å². The predicted molar refractivity (Wildman–Crippen MR) is 94.7 cm³/mol. The maximum atomic E-state index is 12.6. The van der Waals surface area contributed by atoms with Gasteiger partial charge in [0.25, 0.3) is 0 Å². The van der Waals surface area contributed by atoms with E-state index in [1.165, 1.54) is 0 Å². The van der Waals surface area contributed by atoms with Gasteiger partial charge >= 0.3 is 0 Å². The van der Waals surface area contributed by atoms with Crippen molar-refractivity contribution in [3.63, 3.8) is 0 Å². The molecule has 2 aliphatic carbocycles. The molecule has 0 aromatic heterocycles. The number of hydrogen-bond donors (Lipinski definition) is 3. The summed E-state index contributed by atoms with van der Waals surface area (Å²) in [4.78, 5) is 30.0. The Bertz CT molecular complexity index is 479. The first-order chi connectivity index (χ1) is 11.5. The standard InChI is InChI=1S/C17H31N5O2/c1-18-16(20-11-10-19-14(23)13-6-7-13)21-12-17(8-4-5-9-17)15(24)22(2)3/h13H,4-12H2,1-3H3,(H,19,23)(H2,18,20,21). The fourth-order valence-corrected chi connectivity index (χ4v) is 3.32. The molecule has 0 atom stereocenters. The summed E-state index contributed by atoms with van der Waals surface area (Å²) in [5.41, 5.74) is -0.318. The van der Waals surface area contributed by atoms with Crippen LogP contribution in [-0.2, 0) is 9.59 Å². The van der Waals surface area contributed by atoms with Gasteiger partial charge in [0.1, 0.15) is 0 Å². The molecule has 0 heterocycles. The number of hydrogen-bond acceptors (Lipinski definition) is 3. The van der Waals surface area contributed by atoms with Crippen LogP contribution < -0.4 is 16.0 Å². The molecule has 0 aromatic rings. The van der Waals surface area contributed by atoms with Gasteiger partial charge in [-0.05, 0) is 25.7 Å². The lowest BCUT2D eigenvalue weighted by molar-refractivity contribution is -0.138. The highest BCUT2D eigenvalue weighted by Crippen LogP contribution is 2.38. The molecule has 0 aliphatic heterocycles. The van der Waals surface area contributed by atoms with E-state index >= 15 is 0 Å². The van der Waals surface area contributed by atoms with Gasteiger partial charge in [-0.25, -0.2) is 0 Å². The Morgan fingerprint density at radius 3 is 2.25 bits per heavy atom. The minimum absolute atomic E-state index is 0.154. The quantitative estimate of drug-likeness (QED) is 0.355. The molecule has 0 spiro atoms. The van der Waals surface area contributed by atoms with Crippen LogP contribution in [-0.4, -0.2) is 63.5 Å². The van der Waals surface area contributed by atoms with E-state index in [4.69, 9.17) is 0 Å². The summed E-state index contributed by atoms with van der Waals surface area (Å²) >= 11 is 0. The number of carbonyl (C=O) groups is 2. The molecule has 2 saturated carbocycles. The summed E-state index contributed by atoms with van der Waals surface area (Å²) in [6.45, 7) is 1.79. The summed E-state index contributed by atoms with van der Waals surface area (Å²) in [5, 5.41) is 9.40. The maximum Gasteiger partial charge on any atom is 0.230 e. The SMILES string of the molecule is CN=C(NCCNC(=O)C1CC1)NCC1(C(=O)N(C)C)CCCC1. The second-order valence-electron chi connectivity index (χ2n) is 7.10. The summed E-state index contributed by atoms with van der Waals surface area (Å²) in [6.07, 6.45) is 6.08. The zero-order chi connectivity index (χ0) is 17.6. The minimum Gasteiger partial charge on any atom is -0.355 e. The fourth-order valence-electron chi connectivity index (χ4n) is 3.32. The molecule has 0 aromatic carbocycles. The molecular weight excluding hydrogens is 306 g/mol. The third-order valence-electron chi connectivity index (χ3n) is 4.90. The van der Waals surface area contributed by atoms with Crippen LogP contribution in [0.2, 0.25) is 0 Å². The van der Waals surface area contributed by atoms with Crippen LogP contribution in [0, 0.1) is 11.3 Å². The number of amides is 2. The van der Waals surface area contributed by atoms with Crippen molar-refractivity contribution >= 4 is 17.8 Å².